The lowest BCUT2D eigenvalue weighted by molar-refractivity contribution is 0.573. The highest BCUT2D eigenvalue weighted by Crippen LogP contribution is 2.25. The number of hydrogen-bond donors (Lipinski definition) is 1. The molecule has 2 aromatic heterocycles. The molecule has 0 bridgehead atoms. The van der Waals surface area contributed by atoms with Crippen molar-refractivity contribution in [3.8, 4) is 11.1 Å². The average Bonchev–Trinajstić information content (AvgIpc) is 2.88. The Morgan fingerprint density at radius 3 is 2.45 bits per heavy atom. The van der Waals surface area contributed by atoms with Crippen LogP contribution in [0.2, 0.25) is 0 Å². The highest BCUT2D eigenvalue weighted by molar-refractivity contribution is 5.99. The molecule has 166 valence electrons. The number of pyridine rings is 1. The van der Waals surface area contributed by atoms with E-state index in [4.69, 9.17) is 15.4 Å². The highest BCUT2D eigenvalue weighted by Gasteiger charge is 2.14. The maximum Gasteiger partial charge on any atom is 0.261 e. The lowest BCUT2D eigenvalue weighted by atomic mass is 10.0. The Kier molecular flexibility index (Phi) is 5.73. The van der Waals surface area contributed by atoms with Crippen molar-refractivity contribution < 1.29 is 0 Å². The van der Waals surface area contributed by atoms with Gasteiger partial charge in [-0.3, -0.25) is 9.36 Å². The Morgan fingerprint density at radius 1 is 0.970 bits per heavy atom. The molecule has 0 amide bonds. The van der Waals surface area contributed by atoms with Crippen molar-refractivity contribution in [2.24, 2.45) is 7.05 Å². The molecular formula is C27H27N5O. The number of nitrogens with one attached hydrogen (secondary N) is 1. The van der Waals surface area contributed by atoms with Crippen molar-refractivity contribution >= 4 is 22.4 Å². The zero-order valence-electron chi connectivity index (χ0n) is 18.8. The molecule has 6 heteroatoms. The number of rotatable bonds is 5. The van der Waals surface area contributed by atoms with Crippen LogP contribution in [0, 0.1) is 5.41 Å². The van der Waals surface area contributed by atoms with Gasteiger partial charge in [0.05, 0.1) is 10.9 Å². The van der Waals surface area contributed by atoms with Crippen LogP contribution in [0.25, 0.3) is 22.0 Å². The second-order valence-corrected chi connectivity index (χ2v) is 8.60. The van der Waals surface area contributed by atoms with Crippen molar-refractivity contribution in [3.05, 3.63) is 88.6 Å². The predicted octanol–water partition coefficient (Wildman–Crippen LogP) is 4.60. The zero-order chi connectivity index (χ0) is 22.8. The number of piperidine rings is 1. The molecule has 0 aliphatic carbocycles. The molecule has 3 heterocycles. The fourth-order valence-corrected chi connectivity index (χ4v) is 4.42. The van der Waals surface area contributed by atoms with Gasteiger partial charge in [0, 0.05) is 44.0 Å². The third-order valence-corrected chi connectivity index (χ3v) is 6.39. The summed E-state index contributed by atoms with van der Waals surface area (Å²) in [6.07, 6.45) is 5.93. The first-order valence-corrected chi connectivity index (χ1v) is 11.4. The Morgan fingerprint density at radius 2 is 1.73 bits per heavy atom. The quantitative estimate of drug-likeness (QED) is 0.463. The van der Waals surface area contributed by atoms with Gasteiger partial charge in [0.15, 0.2) is 0 Å². The number of hydrogen-bond acceptors (Lipinski definition) is 5. The summed E-state index contributed by atoms with van der Waals surface area (Å²) < 4.78 is 1.55. The maximum absolute atomic E-state index is 13.0. The molecule has 1 N–H and O–H groups in total. The molecule has 5 rings (SSSR count). The summed E-state index contributed by atoms with van der Waals surface area (Å²) >= 11 is 0. The van der Waals surface area contributed by atoms with E-state index in [1.165, 1.54) is 19.3 Å². The standard InChI is InChI=1S/C27H27N5O/c1-31-26(17-23(28)19-8-4-2-5-9-19)30-24-16-20(10-12-22(24)27(31)33)21-11-13-25(29-18-21)32-14-6-3-7-15-32/h2,4-5,8-13,16,18,28H,3,6-7,14-15,17H2,1H3. The van der Waals surface area contributed by atoms with Gasteiger partial charge in [-0.15, -0.1) is 0 Å². The van der Waals surface area contributed by atoms with Gasteiger partial charge in [0.1, 0.15) is 11.6 Å². The van der Waals surface area contributed by atoms with Crippen LogP contribution in [0.5, 0.6) is 0 Å². The summed E-state index contributed by atoms with van der Waals surface area (Å²) in [4.78, 5) is 24.8. The monoisotopic (exact) mass is 437 g/mol. The molecule has 0 atom stereocenters. The van der Waals surface area contributed by atoms with E-state index in [1.807, 2.05) is 54.7 Å². The molecule has 0 spiro atoms. The van der Waals surface area contributed by atoms with Crippen molar-refractivity contribution in [2.45, 2.75) is 25.7 Å². The van der Waals surface area contributed by atoms with E-state index in [2.05, 4.69) is 17.0 Å². The summed E-state index contributed by atoms with van der Waals surface area (Å²) in [6.45, 7) is 2.13. The normalized spacial score (nSPS) is 13.9. The average molecular weight is 438 g/mol. The van der Waals surface area contributed by atoms with Crippen LogP contribution >= 0.6 is 0 Å². The van der Waals surface area contributed by atoms with Gasteiger partial charge in [-0.25, -0.2) is 9.97 Å². The summed E-state index contributed by atoms with van der Waals surface area (Å²) in [6, 6.07) is 19.5. The van der Waals surface area contributed by atoms with Crippen LogP contribution in [0.3, 0.4) is 0 Å². The summed E-state index contributed by atoms with van der Waals surface area (Å²) in [5, 5.41) is 9.03. The van der Waals surface area contributed by atoms with E-state index < -0.39 is 0 Å². The van der Waals surface area contributed by atoms with Crippen LogP contribution in [0.1, 0.15) is 30.7 Å². The number of anilines is 1. The molecule has 0 unspecified atom stereocenters. The number of benzene rings is 2. The molecule has 1 fully saturated rings. The van der Waals surface area contributed by atoms with Crippen LogP contribution < -0.4 is 10.5 Å². The molecular weight excluding hydrogens is 410 g/mol. The second-order valence-electron chi connectivity index (χ2n) is 8.60. The SMILES string of the molecule is Cn1c(CC(=N)c2ccccc2)nc2cc(-c3ccc(N4CCCCC4)nc3)ccc2c1=O. The van der Waals surface area contributed by atoms with Gasteiger partial charge in [-0.1, -0.05) is 36.4 Å². The first kappa shape index (κ1) is 21.1. The Hall–Kier alpha value is -3.80. The van der Waals surface area contributed by atoms with E-state index in [0.29, 0.717) is 28.9 Å². The van der Waals surface area contributed by atoms with E-state index in [-0.39, 0.29) is 5.56 Å². The van der Waals surface area contributed by atoms with E-state index in [0.717, 1.165) is 35.6 Å². The largest absolute Gasteiger partial charge is 0.357 e. The van der Waals surface area contributed by atoms with Crippen molar-refractivity contribution in [1.29, 1.82) is 5.41 Å². The van der Waals surface area contributed by atoms with Crippen molar-refractivity contribution in [1.82, 2.24) is 14.5 Å². The lowest BCUT2D eigenvalue weighted by Gasteiger charge is -2.27. The van der Waals surface area contributed by atoms with Crippen LogP contribution in [0.15, 0.2) is 71.7 Å². The number of aromatic nitrogens is 3. The molecule has 2 aromatic carbocycles. The summed E-state index contributed by atoms with van der Waals surface area (Å²) in [7, 11) is 1.72. The van der Waals surface area contributed by atoms with Gasteiger partial charge >= 0.3 is 0 Å². The molecule has 0 saturated carbocycles. The minimum absolute atomic E-state index is 0.0963. The van der Waals surface area contributed by atoms with Crippen molar-refractivity contribution in [2.75, 3.05) is 18.0 Å². The minimum atomic E-state index is -0.0963. The molecule has 1 aliphatic heterocycles. The third-order valence-electron chi connectivity index (χ3n) is 6.39. The van der Waals surface area contributed by atoms with Gasteiger partial charge < -0.3 is 10.3 Å². The number of nitrogens with zero attached hydrogens (tertiary/aromatic N) is 4. The predicted molar refractivity (Wildman–Crippen MR) is 133 cm³/mol. The van der Waals surface area contributed by atoms with E-state index >= 15 is 0 Å². The van der Waals surface area contributed by atoms with Crippen LogP contribution in [-0.2, 0) is 13.5 Å². The Balaban J connectivity index is 1.46. The van der Waals surface area contributed by atoms with Gasteiger partial charge in [0.25, 0.3) is 5.56 Å². The van der Waals surface area contributed by atoms with Crippen LogP contribution in [-0.4, -0.2) is 33.3 Å². The topological polar surface area (TPSA) is 74.9 Å². The molecule has 1 saturated heterocycles. The van der Waals surface area contributed by atoms with Gasteiger partial charge in [-0.2, -0.15) is 0 Å². The second kappa shape index (κ2) is 8.98. The molecule has 1 aliphatic rings. The number of fused-ring (bicyclic) bond motifs is 1. The fraction of sp³-hybridized carbons (Fsp3) is 0.259. The maximum atomic E-state index is 13.0. The van der Waals surface area contributed by atoms with Crippen molar-refractivity contribution in [3.63, 3.8) is 0 Å². The summed E-state index contributed by atoms with van der Waals surface area (Å²) in [5.41, 5.74) is 3.79. The fourth-order valence-electron chi connectivity index (χ4n) is 4.42. The van der Waals surface area contributed by atoms with E-state index in [1.54, 1.807) is 11.6 Å². The molecule has 6 nitrogen and oxygen atoms in total. The molecule has 4 aromatic rings. The van der Waals surface area contributed by atoms with E-state index in [9.17, 15) is 4.79 Å². The minimum Gasteiger partial charge on any atom is -0.357 e. The smallest absolute Gasteiger partial charge is 0.261 e. The Bertz CT molecular complexity index is 1350. The Labute approximate surface area is 193 Å². The molecule has 33 heavy (non-hydrogen) atoms. The first-order valence-electron chi connectivity index (χ1n) is 11.4. The van der Waals surface area contributed by atoms with Gasteiger partial charge in [-0.05, 0) is 54.7 Å². The lowest BCUT2D eigenvalue weighted by Crippen LogP contribution is -2.29. The summed E-state index contributed by atoms with van der Waals surface area (Å²) in [5.74, 6) is 1.60. The first-order chi connectivity index (χ1) is 16.1. The van der Waals surface area contributed by atoms with Gasteiger partial charge in [0.2, 0.25) is 0 Å². The third kappa shape index (κ3) is 4.29. The van der Waals surface area contributed by atoms with Crippen LogP contribution in [0.4, 0.5) is 5.82 Å². The molecule has 0 radical (unpaired) electrons. The zero-order valence-corrected chi connectivity index (χ0v) is 18.8. The highest BCUT2D eigenvalue weighted by atomic mass is 16.1.